The van der Waals surface area contributed by atoms with Crippen molar-refractivity contribution in [3.05, 3.63) is 60.2 Å². The molecule has 2 aromatic carbocycles. The third-order valence-electron chi connectivity index (χ3n) is 5.25. The van der Waals surface area contributed by atoms with E-state index in [1.807, 2.05) is 60.8 Å². The van der Waals surface area contributed by atoms with E-state index in [1.165, 1.54) is 0 Å². The van der Waals surface area contributed by atoms with Crippen LogP contribution in [0.1, 0.15) is 33.3 Å². The van der Waals surface area contributed by atoms with E-state index in [9.17, 15) is 4.79 Å². The number of carbonyl (C=O) groups is 1. The largest absolute Gasteiger partial charge is 0.461 e. The summed E-state index contributed by atoms with van der Waals surface area (Å²) in [6.45, 7) is 9.46. The van der Waals surface area contributed by atoms with Crippen LogP contribution in [-0.2, 0) is 16.1 Å². The van der Waals surface area contributed by atoms with Gasteiger partial charge in [-0.25, -0.2) is 0 Å². The van der Waals surface area contributed by atoms with Crippen LogP contribution in [0.25, 0.3) is 0 Å². The molecule has 0 bridgehead atoms. The van der Waals surface area contributed by atoms with Gasteiger partial charge in [0.25, 0.3) is 0 Å². The van der Waals surface area contributed by atoms with Gasteiger partial charge in [-0.05, 0) is 41.2 Å². The number of carbonyl (C=O) groups excluding carboxylic acids is 1. The first-order valence-corrected chi connectivity index (χ1v) is 10.1. The average Bonchev–Trinajstić information content (AvgIpc) is 3.25. The molecule has 2 unspecified atom stereocenters. The molecule has 2 atom stereocenters. The van der Waals surface area contributed by atoms with Crippen LogP contribution in [0, 0.1) is 23.2 Å². The number of rotatable bonds is 9. The van der Waals surface area contributed by atoms with Gasteiger partial charge in [0.05, 0.1) is 5.92 Å². The minimum Gasteiger partial charge on any atom is -0.461 e. The van der Waals surface area contributed by atoms with Gasteiger partial charge in [0.1, 0.15) is 18.1 Å². The highest BCUT2D eigenvalue weighted by molar-refractivity contribution is 5.85. The van der Waals surface area contributed by atoms with E-state index >= 15 is 0 Å². The quantitative estimate of drug-likeness (QED) is 0.368. The van der Waals surface area contributed by atoms with Crippen molar-refractivity contribution in [1.82, 2.24) is 5.43 Å². The molecule has 29 heavy (non-hydrogen) atoms. The van der Waals surface area contributed by atoms with Crippen molar-refractivity contribution in [3.8, 4) is 11.5 Å². The van der Waals surface area contributed by atoms with Crippen LogP contribution < -0.4 is 10.2 Å². The summed E-state index contributed by atoms with van der Waals surface area (Å²) in [5.74, 6) is 1.79. The lowest BCUT2D eigenvalue weighted by molar-refractivity contribution is -0.147. The van der Waals surface area contributed by atoms with E-state index in [0.717, 1.165) is 23.6 Å². The Bertz CT molecular complexity index is 846. The molecule has 5 nitrogen and oxygen atoms in total. The zero-order valence-electron chi connectivity index (χ0n) is 17.6. The van der Waals surface area contributed by atoms with Gasteiger partial charge < -0.3 is 14.9 Å². The summed E-state index contributed by atoms with van der Waals surface area (Å²) >= 11 is 0. The minimum absolute atomic E-state index is 0.0995. The molecule has 1 N–H and O–H groups in total. The predicted octanol–water partition coefficient (Wildman–Crippen LogP) is 5.03. The van der Waals surface area contributed by atoms with E-state index in [1.54, 1.807) is 0 Å². The lowest BCUT2D eigenvalue weighted by Gasteiger charge is -2.09. The zero-order chi connectivity index (χ0) is 20.9. The number of hydrogen-bond donors (Lipinski definition) is 1. The first-order chi connectivity index (χ1) is 13.9. The second kappa shape index (κ2) is 9.12. The Kier molecular flexibility index (Phi) is 6.57. The van der Waals surface area contributed by atoms with Crippen molar-refractivity contribution >= 4 is 12.2 Å². The fourth-order valence-electron chi connectivity index (χ4n) is 3.34. The maximum atomic E-state index is 12.6. The maximum Gasteiger partial charge on any atom is 0.310 e. The third-order valence-corrected chi connectivity index (χ3v) is 5.25. The first kappa shape index (κ1) is 20.9. The molecule has 0 heterocycles. The fourth-order valence-corrected chi connectivity index (χ4v) is 3.34. The van der Waals surface area contributed by atoms with E-state index in [-0.39, 0.29) is 29.8 Å². The normalized spacial score (nSPS) is 19.9. The van der Waals surface area contributed by atoms with Crippen molar-refractivity contribution in [2.75, 3.05) is 6.54 Å². The summed E-state index contributed by atoms with van der Waals surface area (Å²) in [5, 5.41) is 4.27. The van der Waals surface area contributed by atoms with Gasteiger partial charge in [0.2, 0.25) is 0 Å². The van der Waals surface area contributed by atoms with Crippen LogP contribution in [-0.4, -0.2) is 18.7 Å². The molecule has 0 spiro atoms. The molecule has 2 aromatic rings. The van der Waals surface area contributed by atoms with Crippen LogP contribution >= 0.6 is 0 Å². The van der Waals surface area contributed by atoms with E-state index in [4.69, 9.17) is 9.47 Å². The van der Waals surface area contributed by atoms with Crippen LogP contribution in [0.3, 0.4) is 0 Å². The summed E-state index contributed by atoms with van der Waals surface area (Å²) in [6.07, 6.45) is 1.85. The molecular formula is C24H30N2O3. The molecule has 0 aliphatic heterocycles. The summed E-state index contributed by atoms with van der Waals surface area (Å²) in [7, 11) is 0. The Balaban J connectivity index is 1.52. The number of ether oxygens (including phenoxy) is 2. The second-order valence-electron chi connectivity index (χ2n) is 8.53. The van der Waals surface area contributed by atoms with Gasteiger partial charge in [0, 0.05) is 18.7 Å². The standard InChI is InChI=1S/C24H30N2O3/c1-17(2)14-25-26-15-21-22(24(21,3)4)23(27)28-16-18-9-8-12-20(13-18)29-19-10-6-5-7-11-19/h5-13,15,17,21-22,25H,14,16H2,1-4H3/b26-15+. The number of para-hydroxylation sites is 1. The molecule has 1 fully saturated rings. The molecule has 1 saturated carbocycles. The molecule has 0 aromatic heterocycles. The number of nitrogens with zero attached hydrogens (tertiary/aromatic N) is 1. The number of hydrogen-bond acceptors (Lipinski definition) is 5. The molecule has 1 aliphatic carbocycles. The highest BCUT2D eigenvalue weighted by Gasteiger charge is 2.62. The minimum atomic E-state index is -0.176. The van der Waals surface area contributed by atoms with Crippen LogP contribution in [0.15, 0.2) is 59.7 Å². The van der Waals surface area contributed by atoms with Crippen molar-refractivity contribution in [2.45, 2.75) is 34.3 Å². The number of esters is 1. The SMILES string of the molecule is CC(C)CN/N=C/C1C(C(=O)OCc2cccc(Oc3ccccc3)c2)C1(C)C. The Morgan fingerprint density at radius 1 is 1.14 bits per heavy atom. The molecule has 0 amide bonds. The Hall–Kier alpha value is -2.82. The summed E-state index contributed by atoms with van der Waals surface area (Å²) in [5.41, 5.74) is 3.81. The Morgan fingerprint density at radius 3 is 2.59 bits per heavy atom. The van der Waals surface area contributed by atoms with Crippen LogP contribution in [0.4, 0.5) is 0 Å². The van der Waals surface area contributed by atoms with Crippen molar-refractivity contribution in [3.63, 3.8) is 0 Å². The Morgan fingerprint density at radius 2 is 1.86 bits per heavy atom. The van der Waals surface area contributed by atoms with Crippen molar-refractivity contribution in [2.24, 2.45) is 28.3 Å². The Labute approximate surface area is 173 Å². The van der Waals surface area contributed by atoms with Crippen LogP contribution in [0.5, 0.6) is 11.5 Å². The van der Waals surface area contributed by atoms with Gasteiger partial charge in [0.15, 0.2) is 0 Å². The van der Waals surface area contributed by atoms with Crippen molar-refractivity contribution in [1.29, 1.82) is 0 Å². The molecule has 0 radical (unpaired) electrons. The van der Waals surface area contributed by atoms with Gasteiger partial charge in [-0.3, -0.25) is 4.79 Å². The monoisotopic (exact) mass is 394 g/mol. The maximum absolute atomic E-state index is 12.6. The molecule has 154 valence electrons. The van der Waals surface area contributed by atoms with E-state index in [0.29, 0.717) is 5.92 Å². The highest BCUT2D eigenvalue weighted by atomic mass is 16.5. The summed E-state index contributed by atoms with van der Waals surface area (Å²) < 4.78 is 11.4. The van der Waals surface area contributed by atoms with Crippen LogP contribution in [0.2, 0.25) is 0 Å². The van der Waals surface area contributed by atoms with Gasteiger partial charge in [-0.1, -0.05) is 58.0 Å². The first-order valence-electron chi connectivity index (χ1n) is 10.1. The van der Waals surface area contributed by atoms with Gasteiger partial charge in [-0.2, -0.15) is 5.10 Å². The number of hydrazone groups is 1. The van der Waals surface area contributed by atoms with Gasteiger partial charge >= 0.3 is 5.97 Å². The van der Waals surface area contributed by atoms with E-state index in [2.05, 4.69) is 38.2 Å². The molecule has 1 aliphatic rings. The molecular weight excluding hydrogens is 364 g/mol. The molecule has 3 rings (SSSR count). The molecule has 5 heteroatoms. The average molecular weight is 395 g/mol. The lowest BCUT2D eigenvalue weighted by Crippen LogP contribution is -2.14. The lowest BCUT2D eigenvalue weighted by atomic mass is 10.1. The topological polar surface area (TPSA) is 59.9 Å². The van der Waals surface area contributed by atoms with E-state index < -0.39 is 0 Å². The molecule has 0 saturated heterocycles. The van der Waals surface area contributed by atoms with Gasteiger partial charge in [-0.15, -0.1) is 0 Å². The number of nitrogens with one attached hydrogen (secondary N) is 1. The zero-order valence-corrected chi connectivity index (χ0v) is 17.6. The number of benzene rings is 2. The second-order valence-corrected chi connectivity index (χ2v) is 8.53. The highest BCUT2D eigenvalue weighted by Crippen LogP contribution is 2.57. The summed E-state index contributed by atoms with van der Waals surface area (Å²) in [4.78, 5) is 12.6. The smallest absolute Gasteiger partial charge is 0.310 e. The predicted molar refractivity (Wildman–Crippen MR) is 115 cm³/mol. The fraction of sp³-hybridized carbons (Fsp3) is 0.417. The van der Waals surface area contributed by atoms with Crippen molar-refractivity contribution < 1.29 is 14.3 Å². The summed E-state index contributed by atoms with van der Waals surface area (Å²) in [6, 6.07) is 17.2. The third kappa shape index (κ3) is 5.59.